The molecule has 0 radical (unpaired) electrons. The van der Waals surface area contributed by atoms with Crippen LogP contribution in [0.3, 0.4) is 0 Å². The fourth-order valence-corrected chi connectivity index (χ4v) is 6.35. The molecule has 0 aliphatic heterocycles. The number of carbonyl (C=O) groups excluding carboxylic acids is 4. The van der Waals surface area contributed by atoms with Crippen molar-refractivity contribution in [2.45, 2.75) is 0 Å². The average Bonchev–Trinajstić information content (AvgIpc) is 3.31. The SMILES string of the molecule is O=C(N/N=C\c1ccc(OC(=O)c2cccc3ccccc23)c([N+](=O)[O-])c1)C(=Cc1ccc([N+](=O)[O-])cc1)C(=O)N/N=C\c1ccc(OC(=O)c2cccc3ccccc23)c([N+](=O)[O-])c1. The van der Waals surface area contributed by atoms with Crippen molar-refractivity contribution < 1.29 is 43.4 Å². The monoisotopic (exact) mass is 871 g/mol. The van der Waals surface area contributed by atoms with Gasteiger partial charge in [0, 0.05) is 35.4 Å². The van der Waals surface area contributed by atoms with Crippen LogP contribution in [0, 0.1) is 30.3 Å². The number of hydrazone groups is 2. The van der Waals surface area contributed by atoms with E-state index in [1.165, 1.54) is 48.5 Å². The first-order valence-corrected chi connectivity index (χ1v) is 19.0. The highest BCUT2D eigenvalue weighted by molar-refractivity contribution is 6.21. The van der Waals surface area contributed by atoms with E-state index < -0.39 is 55.5 Å². The van der Waals surface area contributed by atoms with Gasteiger partial charge in [-0.3, -0.25) is 39.9 Å². The van der Waals surface area contributed by atoms with E-state index in [1.54, 1.807) is 72.8 Å². The third-order valence-electron chi connectivity index (χ3n) is 9.45. The third kappa shape index (κ3) is 10.2. The van der Waals surface area contributed by atoms with Gasteiger partial charge in [-0.1, -0.05) is 72.8 Å². The van der Waals surface area contributed by atoms with Gasteiger partial charge in [-0.05, 0) is 81.7 Å². The van der Waals surface area contributed by atoms with Gasteiger partial charge in [0.2, 0.25) is 11.5 Å². The number of rotatable bonds is 14. The highest BCUT2D eigenvalue weighted by Gasteiger charge is 2.23. The zero-order valence-electron chi connectivity index (χ0n) is 33.2. The molecule has 0 spiro atoms. The Hall–Kier alpha value is -9.78. The second kappa shape index (κ2) is 19.3. The Morgan fingerprint density at radius 1 is 0.492 bits per heavy atom. The Balaban J connectivity index is 1.06. The molecule has 0 heterocycles. The first-order chi connectivity index (χ1) is 31.4. The van der Waals surface area contributed by atoms with Crippen LogP contribution < -0.4 is 20.3 Å². The van der Waals surface area contributed by atoms with Gasteiger partial charge in [-0.15, -0.1) is 0 Å². The number of non-ortho nitro benzene ring substituents is 1. The number of nitrogens with one attached hydrogen (secondary N) is 2. The summed E-state index contributed by atoms with van der Waals surface area (Å²) in [4.78, 5) is 85.9. The maximum Gasteiger partial charge on any atom is 0.344 e. The van der Waals surface area contributed by atoms with Crippen molar-refractivity contribution in [1.82, 2.24) is 10.9 Å². The number of ether oxygens (including phenoxy) is 2. The molecule has 19 heteroatoms. The molecular weight excluding hydrogens is 843 g/mol. The Labute approximate surface area is 365 Å². The van der Waals surface area contributed by atoms with Gasteiger partial charge in [0.15, 0.2) is 0 Å². The van der Waals surface area contributed by atoms with Crippen LogP contribution in [-0.2, 0) is 9.59 Å². The average molecular weight is 872 g/mol. The number of amides is 2. The first-order valence-electron chi connectivity index (χ1n) is 19.0. The van der Waals surface area contributed by atoms with E-state index in [1.807, 2.05) is 0 Å². The van der Waals surface area contributed by atoms with Crippen molar-refractivity contribution in [3.63, 3.8) is 0 Å². The molecule has 2 amide bonds. The molecule has 19 nitrogen and oxygen atoms in total. The van der Waals surface area contributed by atoms with Gasteiger partial charge in [-0.2, -0.15) is 10.2 Å². The maximum absolute atomic E-state index is 13.4. The van der Waals surface area contributed by atoms with E-state index in [0.29, 0.717) is 10.8 Å². The largest absolute Gasteiger partial charge is 0.416 e. The molecule has 0 atom stereocenters. The lowest BCUT2D eigenvalue weighted by molar-refractivity contribution is -0.385. The fraction of sp³-hybridized carbons (Fsp3) is 0. The van der Waals surface area contributed by atoms with E-state index in [0.717, 1.165) is 53.5 Å². The Morgan fingerprint density at radius 3 is 1.34 bits per heavy atom. The lowest BCUT2D eigenvalue weighted by atomic mass is 10.0. The maximum atomic E-state index is 13.4. The van der Waals surface area contributed by atoms with Crippen LogP contribution in [0.1, 0.15) is 37.4 Å². The Morgan fingerprint density at radius 2 is 0.908 bits per heavy atom. The highest BCUT2D eigenvalue weighted by Crippen LogP contribution is 2.31. The standard InChI is InChI=1S/C46H29N7O12/c54-43(49-47-26-29-17-21-41(39(24-29)52(60)61)64-45(56)36-13-5-9-31-7-1-3-11-34(31)36)38(23-28-15-19-33(20-16-28)51(58)59)44(55)50-48-27-30-18-22-42(40(25-30)53(62)63)65-46(57)37-14-6-10-32-8-2-4-12-35(32)37/h1-27H,(H,49,54)(H,50,55)/b47-26-,48-27-. The van der Waals surface area contributed by atoms with Crippen molar-refractivity contribution in [2.24, 2.45) is 10.2 Å². The van der Waals surface area contributed by atoms with E-state index in [4.69, 9.17) is 9.47 Å². The van der Waals surface area contributed by atoms with E-state index in [9.17, 15) is 49.5 Å². The molecule has 0 saturated heterocycles. The number of nitro groups is 3. The Bertz CT molecular complexity index is 2990. The zero-order chi connectivity index (χ0) is 46.0. The van der Waals surface area contributed by atoms with Crippen molar-refractivity contribution in [2.75, 3.05) is 0 Å². The Kier molecular flexibility index (Phi) is 12.9. The minimum atomic E-state index is -1.12. The number of fused-ring (bicyclic) bond motifs is 2. The highest BCUT2D eigenvalue weighted by atomic mass is 16.6. The molecule has 7 aromatic rings. The van der Waals surface area contributed by atoms with Gasteiger partial charge in [0.25, 0.3) is 17.5 Å². The predicted molar refractivity (Wildman–Crippen MR) is 237 cm³/mol. The minimum Gasteiger partial charge on any atom is -0.416 e. The molecule has 0 saturated carbocycles. The number of benzene rings is 7. The molecule has 0 aliphatic carbocycles. The quantitative estimate of drug-likeness (QED) is 0.0155. The van der Waals surface area contributed by atoms with Crippen LogP contribution in [0.15, 0.2) is 161 Å². The minimum absolute atomic E-state index is 0.0837. The summed E-state index contributed by atoms with van der Waals surface area (Å²) >= 11 is 0. The van der Waals surface area contributed by atoms with Crippen LogP contribution in [0.4, 0.5) is 17.1 Å². The van der Waals surface area contributed by atoms with Crippen LogP contribution in [0.2, 0.25) is 0 Å². The van der Waals surface area contributed by atoms with Gasteiger partial charge in [0.05, 0.1) is 38.3 Å². The molecule has 0 bridgehead atoms. The van der Waals surface area contributed by atoms with Crippen molar-refractivity contribution in [3.05, 3.63) is 209 Å². The number of hydrogen-bond acceptors (Lipinski definition) is 14. The molecule has 0 unspecified atom stereocenters. The summed E-state index contributed by atoms with van der Waals surface area (Å²) in [6.07, 6.45) is 3.13. The molecule has 7 aromatic carbocycles. The van der Waals surface area contributed by atoms with Gasteiger partial charge in [-0.25, -0.2) is 20.4 Å². The summed E-state index contributed by atoms with van der Waals surface area (Å²) < 4.78 is 10.8. The summed E-state index contributed by atoms with van der Waals surface area (Å²) in [5.74, 6) is -4.60. The second-order valence-electron chi connectivity index (χ2n) is 13.6. The number of esters is 2. The summed E-state index contributed by atoms with van der Waals surface area (Å²) in [6.45, 7) is 0. The topological polar surface area (TPSA) is 265 Å². The van der Waals surface area contributed by atoms with E-state index >= 15 is 0 Å². The van der Waals surface area contributed by atoms with Crippen LogP contribution in [-0.4, -0.2) is 51.0 Å². The van der Waals surface area contributed by atoms with Crippen molar-refractivity contribution in [1.29, 1.82) is 0 Å². The molecule has 0 fully saturated rings. The smallest absolute Gasteiger partial charge is 0.344 e. The molecule has 320 valence electrons. The molecule has 7 rings (SSSR count). The normalized spacial score (nSPS) is 11.0. The lowest BCUT2D eigenvalue weighted by Crippen LogP contribution is -2.30. The number of nitro benzene ring substituents is 3. The van der Waals surface area contributed by atoms with E-state index in [-0.39, 0.29) is 45.0 Å². The van der Waals surface area contributed by atoms with Crippen LogP contribution in [0.25, 0.3) is 27.6 Å². The predicted octanol–water partition coefficient (Wildman–Crippen LogP) is 7.84. The molecule has 0 aliphatic rings. The number of nitrogens with zero attached hydrogens (tertiary/aromatic N) is 5. The lowest BCUT2D eigenvalue weighted by Gasteiger charge is -2.08. The van der Waals surface area contributed by atoms with Crippen molar-refractivity contribution >= 4 is 80.9 Å². The van der Waals surface area contributed by atoms with Gasteiger partial charge >= 0.3 is 23.3 Å². The molecule has 65 heavy (non-hydrogen) atoms. The zero-order valence-corrected chi connectivity index (χ0v) is 33.2. The molecular formula is C46H29N7O12. The summed E-state index contributed by atoms with van der Waals surface area (Å²) in [5.41, 5.74) is 2.94. The van der Waals surface area contributed by atoms with Gasteiger partial charge < -0.3 is 9.47 Å². The second-order valence-corrected chi connectivity index (χ2v) is 13.6. The summed E-state index contributed by atoms with van der Waals surface area (Å²) in [6, 6.07) is 36.0. The van der Waals surface area contributed by atoms with Crippen LogP contribution in [0.5, 0.6) is 11.5 Å². The third-order valence-corrected chi connectivity index (χ3v) is 9.45. The van der Waals surface area contributed by atoms with Gasteiger partial charge in [0.1, 0.15) is 5.57 Å². The number of hydrogen-bond donors (Lipinski definition) is 2. The summed E-state index contributed by atoms with van der Waals surface area (Å²) in [7, 11) is 0. The van der Waals surface area contributed by atoms with Crippen LogP contribution >= 0.6 is 0 Å². The number of carbonyl (C=O) groups is 4. The van der Waals surface area contributed by atoms with Crippen molar-refractivity contribution in [3.8, 4) is 11.5 Å². The fourth-order valence-electron chi connectivity index (χ4n) is 6.35. The summed E-state index contributed by atoms with van der Waals surface area (Å²) in [5, 5.41) is 45.5. The molecule has 0 aromatic heterocycles. The van der Waals surface area contributed by atoms with E-state index in [2.05, 4.69) is 21.1 Å². The molecule has 2 N–H and O–H groups in total. The first kappa shape index (κ1) is 43.3.